The van der Waals surface area contributed by atoms with E-state index >= 15 is 0 Å². The highest BCUT2D eigenvalue weighted by atomic mass is 19.3. The zero-order valence-electron chi connectivity index (χ0n) is 21.9. The maximum atomic E-state index is 14.9. The van der Waals surface area contributed by atoms with E-state index in [0.29, 0.717) is 23.3 Å². The molecule has 4 heterocycles. The van der Waals surface area contributed by atoms with E-state index in [2.05, 4.69) is 55.2 Å². The van der Waals surface area contributed by atoms with E-state index in [0.717, 1.165) is 57.4 Å². The summed E-state index contributed by atoms with van der Waals surface area (Å²) in [6, 6.07) is 11.9. The fourth-order valence-corrected chi connectivity index (χ4v) is 5.36. The second-order valence-corrected chi connectivity index (χ2v) is 10.4. The number of hydrogen-bond acceptors (Lipinski definition) is 8. The third-order valence-electron chi connectivity index (χ3n) is 7.77. The van der Waals surface area contributed by atoms with Gasteiger partial charge in [-0.25, -0.2) is 17.9 Å². The Hall–Kier alpha value is -3.61. The lowest BCUT2D eigenvalue weighted by Gasteiger charge is -2.51. The van der Waals surface area contributed by atoms with Crippen LogP contribution in [0.5, 0.6) is 0 Å². The summed E-state index contributed by atoms with van der Waals surface area (Å²) < 4.78 is 51.8. The van der Waals surface area contributed by atoms with Crippen molar-refractivity contribution in [1.29, 1.82) is 0 Å². The summed E-state index contributed by atoms with van der Waals surface area (Å²) in [7, 11) is 0. The highest BCUT2D eigenvalue weighted by molar-refractivity contribution is 5.94. The molecule has 0 unspecified atom stereocenters. The van der Waals surface area contributed by atoms with Gasteiger partial charge in [-0.05, 0) is 35.7 Å². The Bertz CT molecular complexity index is 1400. The van der Waals surface area contributed by atoms with E-state index in [1.807, 2.05) is 0 Å². The van der Waals surface area contributed by atoms with Crippen LogP contribution in [0.15, 0.2) is 52.8 Å². The number of aromatic nitrogens is 3. The number of halogens is 3. The predicted molar refractivity (Wildman–Crippen MR) is 143 cm³/mol. The van der Waals surface area contributed by atoms with Crippen LogP contribution in [-0.2, 0) is 29.0 Å². The van der Waals surface area contributed by atoms with E-state index in [-0.39, 0.29) is 18.0 Å². The Morgan fingerprint density at radius 2 is 1.95 bits per heavy atom. The van der Waals surface area contributed by atoms with Gasteiger partial charge in [0.25, 0.3) is 6.43 Å². The van der Waals surface area contributed by atoms with Gasteiger partial charge >= 0.3 is 0 Å². The molecule has 3 aromatic rings. The van der Waals surface area contributed by atoms with Crippen LogP contribution < -0.4 is 0 Å². The van der Waals surface area contributed by atoms with E-state index in [9.17, 15) is 13.2 Å². The Kier molecular flexibility index (Phi) is 7.63. The average Bonchev–Trinajstić information content (AvgIpc) is 3.36. The smallest absolute Gasteiger partial charge is 0.272 e. The van der Waals surface area contributed by atoms with Crippen LogP contribution in [0.4, 0.5) is 13.2 Å². The largest absolute Gasteiger partial charge is 0.470 e. The monoisotopic (exact) mass is 553 g/mol. The lowest BCUT2D eigenvalue weighted by Crippen LogP contribution is -2.66. The molecule has 1 aromatic heterocycles. The van der Waals surface area contributed by atoms with Crippen molar-refractivity contribution in [1.82, 2.24) is 24.8 Å². The normalized spacial score (nSPS) is 18.9. The first-order valence-corrected chi connectivity index (χ1v) is 13.3. The maximum absolute atomic E-state index is 14.9. The molecule has 0 amide bonds. The van der Waals surface area contributed by atoms with Gasteiger partial charge in [-0.2, -0.15) is 5.10 Å². The molecule has 2 fully saturated rings. The van der Waals surface area contributed by atoms with Crippen molar-refractivity contribution in [3.63, 3.8) is 0 Å². The second kappa shape index (κ2) is 11.5. The second-order valence-electron chi connectivity index (χ2n) is 10.4. The van der Waals surface area contributed by atoms with Crippen LogP contribution in [0.1, 0.15) is 22.3 Å². The number of benzene rings is 2. The predicted octanol–water partition coefficient (Wildman–Crippen LogP) is 3.22. The van der Waals surface area contributed by atoms with Crippen molar-refractivity contribution in [3.05, 3.63) is 70.7 Å². The van der Waals surface area contributed by atoms with E-state index in [1.165, 1.54) is 23.3 Å². The first kappa shape index (κ1) is 26.6. The highest BCUT2D eigenvalue weighted by Gasteiger charge is 2.39. The molecule has 0 saturated carbocycles. The molecule has 2 saturated heterocycles. The van der Waals surface area contributed by atoms with Crippen LogP contribution in [0.25, 0.3) is 11.3 Å². The molecule has 40 heavy (non-hydrogen) atoms. The summed E-state index contributed by atoms with van der Waals surface area (Å²) in [5, 5.41) is 15.4. The number of hydrogen-bond donors (Lipinski definition) is 0. The van der Waals surface area contributed by atoms with E-state index in [1.54, 1.807) is 10.9 Å². The molecular weight excluding hydrogens is 523 g/mol. The number of alkyl halides is 2. The van der Waals surface area contributed by atoms with Crippen molar-refractivity contribution in [3.8, 4) is 11.3 Å². The number of fused-ring (bicyclic) bond motifs is 1. The first-order valence-electron chi connectivity index (χ1n) is 13.3. The van der Waals surface area contributed by atoms with Gasteiger partial charge < -0.3 is 9.47 Å². The van der Waals surface area contributed by atoms with Crippen LogP contribution in [0.2, 0.25) is 0 Å². The van der Waals surface area contributed by atoms with Crippen molar-refractivity contribution in [2.75, 3.05) is 39.5 Å². The summed E-state index contributed by atoms with van der Waals surface area (Å²) in [6.07, 6.45) is 0.0836. The summed E-state index contributed by atoms with van der Waals surface area (Å²) >= 11 is 0. The fraction of sp³-hybridized carbons (Fsp3) is 0.429. The zero-order valence-corrected chi connectivity index (χ0v) is 21.9. The average molecular weight is 554 g/mol. The number of rotatable bonds is 9. The van der Waals surface area contributed by atoms with Crippen molar-refractivity contribution in [2.24, 2.45) is 10.2 Å². The Morgan fingerprint density at radius 1 is 1.10 bits per heavy atom. The van der Waals surface area contributed by atoms with Gasteiger partial charge in [-0.1, -0.05) is 23.4 Å². The minimum atomic E-state index is -2.70. The van der Waals surface area contributed by atoms with Gasteiger partial charge in [0.15, 0.2) is 6.61 Å². The zero-order chi connectivity index (χ0) is 27.6. The lowest BCUT2D eigenvalue weighted by molar-refractivity contribution is -0.111. The van der Waals surface area contributed by atoms with Crippen molar-refractivity contribution >= 4 is 12.6 Å². The molecule has 12 heteroatoms. The van der Waals surface area contributed by atoms with Gasteiger partial charge in [0.05, 0.1) is 32.0 Å². The Morgan fingerprint density at radius 3 is 2.67 bits per heavy atom. The molecule has 6 rings (SSSR count). The molecule has 3 aliphatic rings. The minimum absolute atomic E-state index is 0.147. The van der Waals surface area contributed by atoms with Crippen molar-refractivity contribution in [2.45, 2.75) is 38.0 Å². The van der Waals surface area contributed by atoms with Gasteiger partial charge in [0, 0.05) is 55.6 Å². The summed E-state index contributed by atoms with van der Waals surface area (Å²) in [4.78, 5) is 5.11. The van der Waals surface area contributed by atoms with E-state index < -0.39 is 18.8 Å². The number of ether oxygens (including phenoxy) is 2. The van der Waals surface area contributed by atoms with Crippen LogP contribution >= 0.6 is 0 Å². The molecule has 0 bridgehead atoms. The van der Waals surface area contributed by atoms with Crippen molar-refractivity contribution < 1.29 is 22.6 Å². The standard InChI is InChI=1S/C28H30F3N7O2/c1-32-34-28(40-17-27(30)31)20-3-5-22(25(29)9-20)11-38-14-26(33-35-38)19-2-4-21-10-36(7-6-18(21)8-19)23-12-37(13-23)24-15-39-16-24/h2-5,8-9,14,23-24,27H,1,6-7,10-13,15-17H2/b34-28-. The quantitative estimate of drug-likeness (QED) is 0.230. The number of nitrogens with zero attached hydrogens (tertiary/aromatic N) is 7. The van der Waals surface area contributed by atoms with Gasteiger partial charge in [0.1, 0.15) is 11.5 Å². The highest BCUT2D eigenvalue weighted by Crippen LogP contribution is 2.29. The summed E-state index contributed by atoms with van der Waals surface area (Å²) in [6.45, 7) is 8.47. The summed E-state index contributed by atoms with van der Waals surface area (Å²) in [5.41, 5.74) is 4.90. The van der Waals surface area contributed by atoms with Crippen LogP contribution in [-0.4, -0.2) is 95.4 Å². The van der Waals surface area contributed by atoms with E-state index in [4.69, 9.17) is 9.47 Å². The Labute approximate surface area is 229 Å². The summed E-state index contributed by atoms with van der Waals surface area (Å²) in [5.74, 6) is -0.779. The minimum Gasteiger partial charge on any atom is -0.470 e. The molecule has 0 N–H and O–H groups in total. The van der Waals surface area contributed by atoms with Crippen LogP contribution in [0.3, 0.4) is 0 Å². The van der Waals surface area contributed by atoms with Crippen LogP contribution in [0, 0.1) is 5.82 Å². The molecule has 0 atom stereocenters. The first-order chi connectivity index (χ1) is 19.5. The maximum Gasteiger partial charge on any atom is 0.272 e. The molecular formula is C28H30F3N7O2. The molecule has 2 aromatic carbocycles. The molecule has 0 aliphatic carbocycles. The fourth-order valence-electron chi connectivity index (χ4n) is 5.36. The molecule has 0 spiro atoms. The number of likely N-dealkylation sites (tertiary alicyclic amines) is 1. The van der Waals surface area contributed by atoms with Gasteiger partial charge in [-0.15, -0.1) is 10.2 Å². The molecule has 9 nitrogen and oxygen atoms in total. The van der Waals surface area contributed by atoms with Gasteiger partial charge in [-0.3, -0.25) is 9.80 Å². The lowest BCUT2D eigenvalue weighted by atomic mass is 9.93. The Balaban J connectivity index is 1.09. The molecule has 3 aliphatic heterocycles. The SMILES string of the molecule is C=N/N=C(\OCC(F)F)c1ccc(Cn2cc(-c3ccc4c(c3)CCN(C3CN(C5COC5)C3)C4)nn2)c(F)c1. The molecule has 0 radical (unpaired) electrons. The third kappa shape index (κ3) is 5.65. The molecule has 210 valence electrons. The van der Waals surface area contributed by atoms with Gasteiger partial charge in [0.2, 0.25) is 5.90 Å². The topological polar surface area (TPSA) is 80.4 Å². The third-order valence-corrected chi connectivity index (χ3v) is 7.77.